The summed E-state index contributed by atoms with van der Waals surface area (Å²) in [4.78, 5) is 13.6. The molecule has 1 heterocycles. The quantitative estimate of drug-likeness (QED) is 0.821. The van der Waals surface area contributed by atoms with Crippen LogP contribution in [0.2, 0.25) is 0 Å². The van der Waals surface area contributed by atoms with Crippen molar-refractivity contribution in [1.82, 2.24) is 0 Å². The van der Waals surface area contributed by atoms with Crippen LogP contribution in [0.1, 0.15) is 49.4 Å². The fourth-order valence-electron chi connectivity index (χ4n) is 2.89. The van der Waals surface area contributed by atoms with Gasteiger partial charge in [-0.25, -0.2) is 4.79 Å². The van der Waals surface area contributed by atoms with Gasteiger partial charge in [0.05, 0.1) is 11.3 Å². The van der Waals surface area contributed by atoms with Gasteiger partial charge in [-0.15, -0.1) is 0 Å². The summed E-state index contributed by atoms with van der Waals surface area (Å²) < 4.78 is 0. The number of nitrogens with two attached hydrogens (primary N) is 1. The third-order valence-corrected chi connectivity index (χ3v) is 3.91. The lowest BCUT2D eigenvalue weighted by Gasteiger charge is -2.32. The second kappa shape index (κ2) is 5.95. The van der Waals surface area contributed by atoms with E-state index in [0.29, 0.717) is 17.3 Å². The highest BCUT2D eigenvalue weighted by molar-refractivity contribution is 5.95. The Kier molecular flexibility index (Phi) is 4.30. The summed E-state index contributed by atoms with van der Waals surface area (Å²) in [7, 11) is 0. The summed E-state index contributed by atoms with van der Waals surface area (Å²) in [6.07, 6.45) is 5.72. The van der Waals surface area contributed by atoms with Gasteiger partial charge < -0.3 is 15.7 Å². The molecule has 0 aromatic heterocycles. The molecule has 19 heavy (non-hydrogen) atoms. The predicted octanol–water partition coefficient (Wildman–Crippen LogP) is 3.13. The summed E-state index contributed by atoms with van der Waals surface area (Å²) >= 11 is 0. The van der Waals surface area contributed by atoms with E-state index in [1.165, 1.54) is 12.8 Å². The first-order valence-electron chi connectivity index (χ1n) is 7.03. The van der Waals surface area contributed by atoms with Gasteiger partial charge in [0, 0.05) is 18.3 Å². The van der Waals surface area contributed by atoms with Crippen molar-refractivity contribution in [2.75, 3.05) is 17.2 Å². The zero-order chi connectivity index (χ0) is 13.8. The minimum Gasteiger partial charge on any atom is -0.478 e. The fraction of sp³-hybridized carbons (Fsp3) is 0.533. The molecule has 1 atom stereocenters. The maximum absolute atomic E-state index is 11.4. The van der Waals surface area contributed by atoms with E-state index >= 15 is 0 Å². The third-order valence-electron chi connectivity index (χ3n) is 3.91. The van der Waals surface area contributed by atoms with Crippen LogP contribution in [0.15, 0.2) is 18.2 Å². The van der Waals surface area contributed by atoms with E-state index in [2.05, 4.69) is 11.8 Å². The van der Waals surface area contributed by atoms with Crippen molar-refractivity contribution in [1.29, 1.82) is 0 Å². The van der Waals surface area contributed by atoms with Gasteiger partial charge in [-0.05, 0) is 37.5 Å². The molecule has 104 valence electrons. The van der Waals surface area contributed by atoms with Crippen LogP contribution in [0.25, 0.3) is 0 Å². The standard InChI is InChI=1S/C15H22N2O2/c1-2-12-6-4-3-5-9-17(12)14-10-11(16)7-8-13(14)15(18)19/h7-8,10,12H,2-6,9,16H2,1H3,(H,18,19). The zero-order valence-corrected chi connectivity index (χ0v) is 11.4. The summed E-state index contributed by atoms with van der Waals surface area (Å²) in [5.41, 5.74) is 7.60. The van der Waals surface area contributed by atoms with Crippen LogP contribution in [0.4, 0.5) is 11.4 Å². The molecule has 0 aliphatic carbocycles. The molecule has 2 rings (SSSR count). The average Bonchev–Trinajstić information content (AvgIpc) is 2.63. The third kappa shape index (κ3) is 3.00. The summed E-state index contributed by atoms with van der Waals surface area (Å²) in [5.74, 6) is -0.880. The first-order chi connectivity index (χ1) is 9.13. The second-order valence-electron chi connectivity index (χ2n) is 5.19. The average molecular weight is 262 g/mol. The Bertz CT molecular complexity index is 459. The van der Waals surface area contributed by atoms with Gasteiger partial charge in [-0.3, -0.25) is 0 Å². The second-order valence-corrected chi connectivity index (χ2v) is 5.19. The Morgan fingerprint density at radius 3 is 2.89 bits per heavy atom. The Hall–Kier alpha value is -1.71. The number of nitrogen functional groups attached to an aromatic ring is 1. The van der Waals surface area contributed by atoms with E-state index in [4.69, 9.17) is 5.73 Å². The molecule has 4 heteroatoms. The molecule has 0 saturated carbocycles. The molecule has 0 amide bonds. The van der Waals surface area contributed by atoms with Crippen molar-refractivity contribution in [3.63, 3.8) is 0 Å². The number of carboxylic acid groups (broad SMARTS) is 1. The van der Waals surface area contributed by atoms with Crippen LogP contribution in [-0.2, 0) is 0 Å². The van der Waals surface area contributed by atoms with E-state index in [0.717, 1.165) is 31.5 Å². The molecule has 0 bridgehead atoms. The van der Waals surface area contributed by atoms with Gasteiger partial charge in [0.15, 0.2) is 0 Å². The lowest BCUT2D eigenvalue weighted by atomic mass is 10.0. The molecule has 1 unspecified atom stereocenters. The number of aromatic carboxylic acids is 1. The molecular formula is C15H22N2O2. The Labute approximate surface area is 114 Å². The molecule has 3 N–H and O–H groups in total. The molecule has 1 aliphatic heterocycles. The van der Waals surface area contributed by atoms with Gasteiger partial charge in [0.1, 0.15) is 0 Å². The van der Waals surface area contributed by atoms with Crippen LogP contribution in [-0.4, -0.2) is 23.7 Å². The number of anilines is 2. The van der Waals surface area contributed by atoms with E-state index in [1.807, 2.05) is 0 Å². The number of carboxylic acids is 1. The fourth-order valence-corrected chi connectivity index (χ4v) is 2.89. The molecule has 1 aromatic rings. The van der Waals surface area contributed by atoms with E-state index in [-0.39, 0.29) is 0 Å². The summed E-state index contributed by atoms with van der Waals surface area (Å²) in [6, 6.07) is 5.50. The smallest absolute Gasteiger partial charge is 0.337 e. The molecule has 1 aliphatic rings. The minimum atomic E-state index is -0.880. The minimum absolute atomic E-state index is 0.356. The maximum atomic E-state index is 11.4. The summed E-state index contributed by atoms with van der Waals surface area (Å²) in [6.45, 7) is 3.08. The lowest BCUT2D eigenvalue weighted by Crippen LogP contribution is -2.35. The first-order valence-corrected chi connectivity index (χ1v) is 7.03. The van der Waals surface area contributed by atoms with Crippen molar-refractivity contribution >= 4 is 17.3 Å². The number of benzene rings is 1. The van der Waals surface area contributed by atoms with E-state index in [9.17, 15) is 9.90 Å². The zero-order valence-electron chi connectivity index (χ0n) is 11.4. The van der Waals surface area contributed by atoms with Gasteiger partial charge in [-0.2, -0.15) is 0 Å². The first kappa shape index (κ1) is 13.7. The molecule has 1 saturated heterocycles. The number of nitrogens with zero attached hydrogens (tertiary/aromatic N) is 1. The molecule has 0 radical (unpaired) electrons. The van der Waals surface area contributed by atoms with Crippen LogP contribution < -0.4 is 10.6 Å². The molecule has 0 spiro atoms. The SMILES string of the molecule is CCC1CCCCCN1c1cc(N)ccc1C(=O)O. The molecule has 1 aromatic carbocycles. The van der Waals surface area contributed by atoms with Crippen LogP contribution in [0, 0.1) is 0 Å². The normalized spacial score (nSPS) is 20.1. The van der Waals surface area contributed by atoms with Crippen molar-refractivity contribution in [3.8, 4) is 0 Å². The van der Waals surface area contributed by atoms with E-state index < -0.39 is 5.97 Å². The summed E-state index contributed by atoms with van der Waals surface area (Å²) in [5, 5.41) is 9.35. The maximum Gasteiger partial charge on any atom is 0.337 e. The largest absolute Gasteiger partial charge is 0.478 e. The van der Waals surface area contributed by atoms with Gasteiger partial charge in [-0.1, -0.05) is 19.8 Å². The highest BCUT2D eigenvalue weighted by Crippen LogP contribution is 2.30. The Morgan fingerprint density at radius 1 is 1.42 bits per heavy atom. The van der Waals surface area contributed by atoms with Crippen molar-refractivity contribution < 1.29 is 9.90 Å². The van der Waals surface area contributed by atoms with Crippen LogP contribution in [0.5, 0.6) is 0 Å². The number of carbonyl (C=O) groups is 1. The van der Waals surface area contributed by atoms with Crippen molar-refractivity contribution in [2.45, 2.75) is 45.1 Å². The number of rotatable bonds is 3. The highest BCUT2D eigenvalue weighted by atomic mass is 16.4. The predicted molar refractivity (Wildman–Crippen MR) is 77.7 cm³/mol. The van der Waals surface area contributed by atoms with Crippen molar-refractivity contribution in [3.05, 3.63) is 23.8 Å². The Morgan fingerprint density at radius 2 is 2.21 bits per heavy atom. The molecule has 1 fully saturated rings. The lowest BCUT2D eigenvalue weighted by molar-refractivity contribution is 0.0697. The van der Waals surface area contributed by atoms with E-state index in [1.54, 1.807) is 18.2 Å². The topological polar surface area (TPSA) is 66.6 Å². The monoisotopic (exact) mass is 262 g/mol. The van der Waals surface area contributed by atoms with Crippen LogP contribution >= 0.6 is 0 Å². The van der Waals surface area contributed by atoms with Gasteiger partial charge >= 0.3 is 5.97 Å². The highest BCUT2D eigenvalue weighted by Gasteiger charge is 2.23. The van der Waals surface area contributed by atoms with Crippen LogP contribution in [0.3, 0.4) is 0 Å². The molecular weight excluding hydrogens is 240 g/mol. The number of hydrogen-bond donors (Lipinski definition) is 2. The van der Waals surface area contributed by atoms with Gasteiger partial charge in [0.2, 0.25) is 0 Å². The molecule has 4 nitrogen and oxygen atoms in total. The van der Waals surface area contributed by atoms with Crippen molar-refractivity contribution in [2.24, 2.45) is 0 Å². The Balaban J connectivity index is 2.42. The number of hydrogen-bond acceptors (Lipinski definition) is 3. The van der Waals surface area contributed by atoms with Gasteiger partial charge in [0.25, 0.3) is 0 Å².